The molecule has 1 saturated carbocycles. The lowest BCUT2D eigenvalue weighted by Crippen LogP contribution is -2.95. The molecular weight excluding hydrogens is 368 g/mol. The van der Waals surface area contributed by atoms with E-state index in [0.29, 0.717) is 29.1 Å². The van der Waals surface area contributed by atoms with Gasteiger partial charge in [-0.15, -0.1) is 10.2 Å². The molecule has 2 aliphatic rings. The van der Waals surface area contributed by atoms with Crippen LogP contribution in [0.4, 0.5) is 5.69 Å². The van der Waals surface area contributed by atoms with Crippen LogP contribution in [0.2, 0.25) is 0 Å². The summed E-state index contributed by atoms with van der Waals surface area (Å²) in [6, 6.07) is 9.67. The zero-order chi connectivity index (χ0) is 20.1. The number of hydrogen-bond acceptors (Lipinski definition) is 6. The van der Waals surface area contributed by atoms with E-state index >= 15 is 0 Å². The summed E-state index contributed by atoms with van der Waals surface area (Å²) < 4.78 is 7.37. The summed E-state index contributed by atoms with van der Waals surface area (Å²) >= 11 is 0. The van der Waals surface area contributed by atoms with E-state index in [1.54, 1.807) is 12.4 Å². The molecule has 1 aromatic carbocycles. The number of benzene rings is 1. The summed E-state index contributed by atoms with van der Waals surface area (Å²) in [4.78, 5) is 8.98. The van der Waals surface area contributed by atoms with Crippen molar-refractivity contribution in [1.82, 2.24) is 14.6 Å². The highest BCUT2D eigenvalue weighted by molar-refractivity contribution is 6.09. The van der Waals surface area contributed by atoms with Crippen molar-refractivity contribution in [3.63, 3.8) is 0 Å². The fourth-order valence-corrected chi connectivity index (χ4v) is 3.80. The van der Waals surface area contributed by atoms with Gasteiger partial charge in [0.05, 0.1) is 12.7 Å². The van der Waals surface area contributed by atoms with E-state index in [9.17, 15) is 0 Å². The van der Waals surface area contributed by atoms with Crippen LogP contribution < -0.4 is 15.8 Å². The van der Waals surface area contributed by atoms with Gasteiger partial charge in [-0.25, -0.2) is 5.32 Å². The summed E-state index contributed by atoms with van der Waals surface area (Å²) in [6.07, 6.45) is 2.96. The first kappa shape index (κ1) is 17.5. The van der Waals surface area contributed by atoms with E-state index in [-0.39, 0.29) is 11.8 Å². The van der Waals surface area contributed by atoms with Crippen molar-refractivity contribution >= 4 is 29.0 Å². The fraction of sp³-hybridized carbons (Fsp3) is 0.250. The van der Waals surface area contributed by atoms with Gasteiger partial charge in [-0.05, 0) is 43.0 Å². The number of guanidine groups is 1. The lowest BCUT2D eigenvalue weighted by Gasteiger charge is -2.14. The summed E-state index contributed by atoms with van der Waals surface area (Å²) in [6.45, 7) is 1.93. The van der Waals surface area contributed by atoms with Crippen LogP contribution in [0.25, 0.3) is 5.65 Å². The number of rotatable bonds is 3. The molecule has 1 aliphatic carbocycles. The maximum atomic E-state index is 8.55. The first-order valence-electron chi connectivity index (χ1n) is 9.40. The van der Waals surface area contributed by atoms with Gasteiger partial charge in [0, 0.05) is 12.1 Å². The summed E-state index contributed by atoms with van der Waals surface area (Å²) in [5.74, 6) is 3.20. The van der Waals surface area contributed by atoms with E-state index < -0.39 is 0 Å². The third-order valence-electron chi connectivity index (χ3n) is 5.43. The van der Waals surface area contributed by atoms with Crippen LogP contribution in [-0.4, -0.2) is 39.3 Å². The lowest BCUT2D eigenvalue weighted by molar-refractivity contribution is -0.409. The van der Waals surface area contributed by atoms with Crippen molar-refractivity contribution in [2.75, 3.05) is 7.11 Å². The molecule has 9 nitrogen and oxygen atoms in total. The van der Waals surface area contributed by atoms with Gasteiger partial charge >= 0.3 is 5.96 Å². The third kappa shape index (κ3) is 2.95. The molecule has 2 atom stereocenters. The number of methoxy groups -OCH3 is 1. The number of aromatic nitrogens is 3. The topological polar surface area (TPSA) is 131 Å². The number of fused-ring (bicyclic) bond motifs is 2. The van der Waals surface area contributed by atoms with Gasteiger partial charge < -0.3 is 10.5 Å². The number of nitrogens with zero attached hydrogens (tertiary/aromatic N) is 5. The standard InChI is InChI=1S/C20H20N8O/c1-10-26-27-16-7-6-11(9-28(10)16)13-8-14(13)18(21)24-19-12-4-3-5-15(29-2)17(12)23-20(22)25-19/h3-7,9,13-14H,8H2,1-2H3,(H4,21,22,23,24,25)/p+1. The average molecular weight is 389 g/mol. The molecule has 3 aromatic rings. The Labute approximate surface area is 166 Å². The molecule has 5 N–H and O–H groups in total. The maximum Gasteiger partial charge on any atom is 0.303 e. The van der Waals surface area contributed by atoms with Gasteiger partial charge in [-0.2, -0.15) is 9.98 Å². The number of nitrogens with two attached hydrogens (primary N) is 2. The number of ether oxygens (including phenoxy) is 1. The largest absolute Gasteiger partial charge is 0.494 e. The Morgan fingerprint density at radius 3 is 3.00 bits per heavy atom. The van der Waals surface area contributed by atoms with E-state index in [1.807, 2.05) is 35.6 Å². The summed E-state index contributed by atoms with van der Waals surface area (Å²) in [7, 11) is 1.60. The predicted octanol–water partition coefficient (Wildman–Crippen LogP) is 1.10. The van der Waals surface area contributed by atoms with Gasteiger partial charge in [0.1, 0.15) is 23.1 Å². The van der Waals surface area contributed by atoms with E-state index in [1.165, 1.54) is 5.56 Å². The minimum Gasteiger partial charge on any atom is -0.494 e. The molecule has 29 heavy (non-hydrogen) atoms. The smallest absolute Gasteiger partial charge is 0.303 e. The first-order chi connectivity index (χ1) is 14.0. The van der Waals surface area contributed by atoms with Gasteiger partial charge in [0.2, 0.25) is 5.84 Å². The van der Waals surface area contributed by atoms with Crippen LogP contribution in [0.15, 0.2) is 46.5 Å². The number of amidine groups is 2. The van der Waals surface area contributed by atoms with Crippen molar-refractivity contribution in [1.29, 1.82) is 5.41 Å². The molecule has 2 unspecified atom stereocenters. The van der Waals surface area contributed by atoms with Gasteiger partial charge in [-0.3, -0.25) is 9.81 Å². The summed E-state index contributed by atoms with van der Waals surface area (Å²) in [5.41, 5.74) is 9.46. The number of aryl methyl sites for hydroxylation is 1. The average Bonchev–Trinajstić information content (AvgIpc) is 3.45. The molecule has 146 valence electrons. The molecule has 0 bridgehead atoms. The highest BCUT2D eigenvalue weighted by Crippen LogP contribution is 2.48. The van der Waals surface area contributed by atoms with E-state index in [2.05, 4.69) is 32.4 Å². The fourth-order valence-electron chi connectivity index (χ4n) is 3.80. The minimum atomic E-state index is 0.0827. The lowest BCUT2D eigenvalue weighted by atomic mass is 10.1. The minimum absolute atomic E-state index is 0.0827. The number of aliphatic imine (C=N–C) groups is 2. The molecule has 0 saturated heterocycles. The third-order valence-corrected chi connectivity index (χ3v) is 5.43. The van der Waals surface area contributed by atoms with Crippen molar-refractivity contribution in [3.8, 4) is 5.75 Å². The highest BCUT2D eigenvalue weighted by atomic mass is 16.5. The Morgan fingerprint density at radius 2 is 2.17 bits per heavy atom. The first-order valence-corrected chi connectivity index (χ1v) is 9.40. The molecular formula is C20H21N8O+. The van der Waals surface area contributed by atoms with Gasteiger partial charge in [-0.1, -0.05) is 12.1 Å². The number of quaternary nitrogens is 1. The second-order valence-corrected chi connectivity index (χ2v) is 7.31. The molecule has 3 heterocycles. The zero-order valence-electron chi connectivity index (χ0n) is 16.1. The molecule has 9 heteroatoms. The Bertz CT molecular complexity index is 1210. The number of para-hydroxylation sites is 1. The Kier molecular flexibility index (Phi) is 3.92. The van der Waals surface area contributed by atoms with Crippen molar-refractivity contribution in [3.05, 3.63) is 53.5 Å². The second-order valence-electron chi connectivity index (χ2n) is 7.31. The predicted molar refractivity (Wildman–Crippen MR) is 109 cm³/mol. The second kappa shape index (κ2) is 6.49. The van der Waals surface area contributed by atoms with E-state index in [0.717, 1.165) is 23.5 Å². The molecule has 0 amide bonds. The van der Waals surface area contributed by atoms with Crippen LogP contribution in [0, 0.1) is 18.3 Å². The molecule has 0 radical (unpaired) electrons. The van der Waals surface area contributed by atoms with Crippen LogP contribution >= 0.6 is 0 Å². The Morgan fingerprint density at radius 1 is 1.31 bits per heavy atom. The van der Waals surface area contributed by atoms with Crippen LogP contribution in [0.5, 0.6) is 5.75 Å². The van der Waals surface area contributed by atoms with Gasteiger partial charge in [0.25, 0.3) is 0 Å². The van der Waals surface area contributed by atoms with Crippen LogP contribution in [-0.2, 0) is 0 Å². The molecule has 2 aromatic heterocycles. The van der Waals surface area contributed by atoms with Crippen molar-refractivity contribution < 1.29 is 10.1 Å². The van der Waals surface area contributed by atoms with Crippen molar-refractivity contribution in [2.24, 2.45) is 21.6 Å². The van der Waals surface area contributed by atoms with Crippen LogP contribution in [0.3, 0.4) is 0 Å². The van der Waals surface area contributed by atoms with Crippen molar-refractivity contribution in [2.45, 2.75) is 19.3 Å². The zero-order valence-corrected chi connectivity index (χ0v) is 16.1. The quantitative estimate of drug-likeness (QED) is 0.457. The van der Waals surface area contributed by atoms with Gasteiger partial charge in [0.15, 0.2) is 5.65 Å². The Balaban J connectivity index is 1.42. The monoisotopic (exact) mass is 389 g/mol. The molecule has 1 fully saturated rings. The van der Waals surface area contributed by atoms with Crippen LogP contribution in [0.1, 0.15) is 29.3 Å². The van der Waals surface area contributed by atoms with E-state index in [4.69, 9.17) is 15.9 Å². The summed E-state index contributed by atoms with van der Waals surface area (Å²) in [5, 5.41) is 18.5. The molecule has 1 aliphatic heterocycles. The Hall–Kier alpha value is -3.59. The number of pyridine rings is 1. The SMILES string of the molecule is COc1cccc2c1N=C(N)[NH2+]C2=NC(=N)C1CC1c1ccc2nnc(C)n2c1. The molecule has 5 rings (SSSR count). The number of nitrogens with one attached hydrogen (secondary N) is 1. The number of hydrogen-bond donors (Lipinski definition) is 3. The highest BCUT2D eigenvalue weighted by Gasteiger charge is 2.42. The normalized spacial score (nSPS) is 21.7. The maximum absolute atomic E-state index is 8.55. The molecule has 0 spiro atoms.